The number of aromatic amines is 1. The van der Waals surface area contributed by atoms with Crippen LogP contribution < -0.4 is 0 Å². The van der Waals surface area contributed by atoms with E-state index in [0.717, 1.165) is 25.6 Å². The highest BCUT2D eigenvalue weighted by Gasteiger charge is 2.18. The number of hydrogen-bond donors (Lipinski definition) is 2. The molecule has 2 aromatic carbocycles. The molecule has 0 amide bonds. The van der Waals surface area contributed by atoms with Gasteiger partial charge in [0.15, 0.2) is 0 Å². The molecule has 0 bridgehead atoms. The molecule has 2 N–H and O–H groups in total. The van der Waals surface area contributed by atoms with Crippen LogP contribution in [-0.2, 0) is 12.8 Å². The minimum absolute atomic E-state index is 0.0646. The lowest BCUT2D eigenvalue weighted by molar-refractivity contribution is 0.283. The van der Waals surface area contributed by atoms with Crippen LogP contribution in [0.15, 0.2) is 40.9 Å². The number of rotatable bonds is 6. The molecule has 4 rings (SSSR count). The van der Waals surface area contributed by atoms with Crippen LogP contribution in [0, 0.1) is 9.39 Å². The molecule has 0 aliphatic carbocycles. The number of aliphatic hydroxyl groups excluding tert-OH is 1. The van der Waals surface area contributed by atoms with Crippen LogP contribution in [0.1, 0.15) is 23.4 Å². The van der Waals surface area contributed by atoms with Gasteiger partial charge in [0.1, 0.15) is 5.82 Å². The largest absolute Gasteiger partial charge is 0.421 e. The van der Waals surface area contributed by atoms with Gasteiger partial charge < -0.3 is 9.52 Å². The lowest BCUT2D eigenvalue weighted by atomic mass is 9.97. The summed E-state index contributed by atoms with van der Waals surface area (Å²) >= 11 is 2.09. The van der Waals surface area contributed by atoms with Crippen molar-refractivity contribution >= 4 is 33.5 Å². The van der Waals surface area contributed by atoms with Gasteiger partial charge in [-0.25, -0.2) is 4.39 Å². The van der Waals surface area contributed by atoms with Gasteiger partial charge in [0.05, 0.1) is 11.7 Å². The summed E-state index contributed by atoms with van der Waals surface area (Å²) in [5.41, 5.74) is 2.99. The van der Waals surface area contributed by atoms with Gasteiger partial charge in [0, 0.05) is 34.0 Å². The number of nitrogens with one attached hydrogen (secondary N) is 1. The standard InChI is InChI=1S/C19H16FIN4O2/c20-16-9-13(21)5-3-11(16)8-15-14(6-4-12-10-22-24-18(12)15)19-25-23-17(27-19)2-1-7-26/h3-6,9-10,26H,1-2,7-8H2,(H,22,24). The van der Waals surface area contributed by atoms with E-state index < -0.39 is 0 Å². The number of fused-ring (bicyclic) bond motifs is 1. The van der Waals surface area contributed by atoms with Gasteiger partial charge in [0.2, 0.25) is 11.8 Å². The quantitative estimate of drug-likeness (QED) is 0.411. The van der Waals surface area contributed by atoms with E-state index in [9.17, 15) is 4.39 Å². The monoisotopic (exact) mass is 478 g/mol. The number of H-pyrrole nitrogens is 1. The van der Waals surface area contributed by atoms with E-state index in [2.05, 4.69) is 43.0 Å². The Kier molecular flexibility index (Phi) is 5.17. The second kappa shape index (κ2) is 7.73. The van der Waals surface area contributed by atoms with Gasteiger partial charge in [-0.15, -0.1) is 10.2 Å². The van der Waals surface area contributed by atoms with E-state index in [4.69, 9.17) is 9.52 Å². The number of aryl methyl sites for hydroxylation is 1. The Labute approximate surface area is 168 Å². The van der Waals surface area contributed by atoms with E-state index in [-0.39, 0.29) is 12.4 Å². The average Bonchev–Trinajstić information content (AvgIpc) is 3.31. The zero-order valence-corrected chi connectivity index (χ0v) is 16.4. The Morgan fingerprint density at radius 2 is 2.07 bits per heavy atom. The molecule has 6 nitrogen and oxygen atoms in total. The van der Waals surface area contributed by atoms with Crippen molar-refractivity contribution in [3.05, 3.63) is 62.9 Å². The number of benzene rings is 2. The molecule has 0 aliphatic heterocycles. The molecule has 0 radical (unpaired) electrons. The van der Waals surface area contributed by atoms with Crippen molar-refractivity contribution in [3.63, 3.8) is 0 Å². The van der Waals surface area contributed by atoms with Gasteiger partial charge in [0.25, 0.3) is 0 Å². The molecule has 27 heavy (non-hydrogen) atoms. The first-order valence-corrected chi connectivity index (χ1v) is 9.56. The maximum Gasteiger partial charge on any atom is 0.248 e. The Balaban J connectivity index is 1.79. The highest BCUT2D eigenvalue weighted by molar-refractivity contribution is 14.1. The molecule has 8 heteroatoms. The number of nitrogens with zero attached hydrogens (tertiary/aromatic N) is 3. The molecule has 0 saturated heterocycles. The number of halogens is 2. The highest BCUT2D eigenvalue weighted by Crippen LogP contribution is 2.31. The molecule has 0 saturated carbocycles. The fourth-order valence-electron chi connectivity index (χ4n) is 3.01. The summed E-state index contributed by atoms with van der Waals surface area (Å²) < 4.78 is 21.0. The van der Waals surface area contributed by atoms with E-state index >= 15 is 0 Å². The van der Waals surface area contributed by atoms with Gasteiger partial charge in [-0.3, -0.25) is 5.10 Å². The summed E-state index contributed by atoms with van der Waals surface area (Å²) in [5, 5.41) is 25.2. The van der Waals surface area contributed by atoms with Crippen molar-refractivity contribution in [1.29, 1.82) is 0 Å². The molecular weight excluding hydrogens is 462 g/mol. The predicted molar refractivity (Wildman–Crippen MR) is 107 cm³/mol. The topological polar surface area (TPSA) is 87.8 Å². The normalized spacial score (nSPS) is 11.4. The van der Waals surface area contributed by atoms with Crippen molar-refractivity contribution in [2.45, 2.75) is 19.3 Å². The minimum atomic E-state index is -0.251. The maximum absolute atomic E-state index is 14.4. The maximum atomic E-state index is 14.4. The first kappa shape index (κ1) is 18.1. The minimum Gasteiger partial charge on any atom is -0.421 e. The van der Waals surface area contributed by atoms with Gasteiger partial charge in [-0.2, -0.15) is 5.10 Å². The van der Waals surface area contributed by atoms with E-state index in [0.29, 0.717) is 36.6 Å². The lowest BCUT2D eigenvalue weighted by Gasteiger charge is -2.09. The Morgan fingerprint density at radius 1 is 1.19 bits per heavy atom. The second-order valence-electron chi connectivity index (χ2n) is 6.17. The molecule has 0 unspecified atom stereocenters. The summed E-state index contributed by atoms with van der Waals surface area (Å²) in [6, 6.07) is 8.99. The van der Waals surface area contributed by atoms with Crippen LogP contribution in [0.3, 0.4) is 0 Å². The second-order valence-corrected chi connectivity index (χ2v) is 7.41. The highest BCUT2D eigenvalue weighted by atomic mass is 127. The van der Waals surface area contributed by atoms with Crippen LogP contribution in [-0.4, -0.2) is 32.1 Å². The molecular formula is C19H16FIN4O2. The SMILES string of the molecule is OCCCc1nnc(-c2ccc3cn[nH]c3c2Cc2ccc(I)cc2F)o1. The summed E-state index contributed by atoms with van der Waals surface area (Å²) in [5.74, 6) is 0.592. The Hall–Kier alpha value is -2.33. The van der Waals surface area contributed by atoms with Crippen molar-refractivity contribution in [3.8, 4) is 11.5 Å². The van der Waals surface area contributed by atoms with E-state index in [1.165, 1.54) is 6.07 Å². The van der Waals surface area contributed by atoms with Crippen molar-refractivity contribution in [1.82, 2.24) is 20.4 Å². The predicted octanol–water partition coefficient (Wildman–Crippen LogP) is 3.87. The van der Waals surface area contributed by atoms with E-state index in [1.54, 1.807) is 12.3 Å². The van der Waals surface area contributed by atoms with Gasteiger partial charge in [-0.1, -0.05) is 12.1 Å². The first-order chi connectivity index (χ1) is 13.2. The first-order valence-electron chi connectivity index (χ1n) is 8.48. The average molecular weight is 478 g/mol. The zero-order chi connectivity index (χ0) is 18.8. The number of hydrogen-bond acceptors (Lipinski definition) is 5. The van der Waals surface area contributed by atoms with Crippen molar-refractivity contribution in [2.24, 2.45) is 0 Å². The smallest absolute Gasteiger partial charge is 0.248 e. The van der Waals surface area contributed by atoms with Gasteiger partial charge >= 0.3 is 0 Å². The molecule has 2 aromatic heterocycles. The van der Waals surface area contributed by atoms with E-state index in [1.807, 2.05) is 18.2 Å². The number of aromatic nitrogens is 4. The number of aliphatic hydroxyl groups is 1. The van der Waals surface area contributed by atoms with Crippen LogP contribution >= 0.6 is 22.6 Å². The summed E-state index contributed by atoms with van der Waals surface area (Å²) in [7, 11) is 0. The fraction of sp³-hybridized carbons (Fsp3) is 0.211. The summed E-state index contributed by atoms with van der Waals surface area (Å²) in [4.78, 5) is 0. The van der Waals surface area contributed by atoms with Crippen molar-refractivity contribution in [2.75, 3.05) is 6.61 Å². The third kappa shape index (κ3) is 3.72. The van der Waals surface area contributed by atoms with Crippen LogP contribution in [0.25, 0.3) is 22.4 Å². The van der Waals surface area contributed by atoms with Crippen molar-refractivity contribution < 1.29 is 13.9 Å². The molecule has 0 aliphatic rings. The van der Waals surface area contributed by atoms with Crippen LogP contribution in [0.4, 0.5) is 4.39 Å². The molecule has 0 fully saturated rings. The van der Waals surface area contributed by atoms with Crippen LogP contribution in [0.5, 0.6) is 0 Å². The zero-order valence-electron chi connectivity index (χ0n) is 14.2. The molecule has 0 spiro atoms. The summed E-state index contributed by atoms with van der Waals surface area (Å²) in [6.45, 7) is 0.0646. The molecule has 138 valence electrons. The Bertz CT molecular complexity index is 1090. The fourth-order valence-corrected chi connectivity index (χ4v) is 3.46. The summed E-state index contributed by atoms with van der Waals surface area (Å²) in [6.07, 6.45) is 3.16. The molecule has 2 heterocycles. The lowest BCUT2D eigenvalue weighted by Crippen LogP contribution is -1.98. The van der Waals surface area contributed by atoms with Crippen LogP contribution in [0.2, 0.25) is 0 Å². The van der Waals surface area contributed by atoms with Gasteiger partial charge in [-0.05, 0) is 58.3 Å². The third-order valence-electron chi connectivity index (χ3n) is 4.35. The Morgan fingerprint density at radius 3 is 2.89 bits per heavy atom. The third-order valence-corrected chi connectivity index (χ3v) is 5.02. The molecule has 4 aromatic rings. The molecule has 0 atom stereocenters.